The molecule has 7 heteroatoms. The molecule has 3 aromatic rings. The quantitative estimate of drug-likeness (QED) is 0.665. The summed E-state index contributed by atoms with van der Waals surface area (Å²) in [6.45, 7) is 3.77. The van der Waals surface area contributed by atoms with Crippen molar-refractivity contribution in [1.29, 1.82) is 0 Å². The van der Waals surface area contributed by atoms with E-state index in [9.17, 15) is 17.6 Å². The van der Waals surface area contributed by atoms with Crippen molar-refractivity contribution in [3.05, 3.63) is 89.2 Å². The van der Waals surface area contributed by atoms with E-state index in [1.54, 1.807) is 18.2 Å². The van der Waals surface area contributed by atoms with Crippen LogP contribution in [0.4, 0.5) is 15.8 Å². The zero-order valence-corrected chi connectivity index (χ0v) is 16.2. The molecule has 3 aromatic carbocycles. The van der Waals surface area contributed by atoms with Gasteiger partial charge in [0.05, 0.1) is 4.90 Å². The summed E-state index contributed by atoms with van der Waals surface area (Å²) in [6.07, 6.45) is 0. The van der Waals surface area contributed by atoms with Crippen molar-refractivity contribution in [2.45, 2.75) is 18.7 Å². The summed E-state index contributed by atoms with van der Waals surface area (Å²) in [7, 11) is -3.79. The number of carbonyl (C=O) groups excluding carboxylic acids is 1. The van der Waals surface area contributed by atoms with Gasteiger partial charge in [0.1, 0.15) is 5.82 Å². The SMILES string of the molecule is Cc1cc(C)cc(NS(=O)(=O)c2ccc(C(=O)Nc3cccc(F)c3)cc2)c1. The van der Waals surface area contributed by atoms with Gasteiger partial charge < -0.3 is 5.32 Å². The molecule has 3 rings (SSSR count). The van der Waals surface area contributed by atoms with E-state index in [2.05, 4.69) is 10.0 Å². The second-order valence-electron chi connectivity index (χ2n) is 6.47. The Bertz CT molecular complexity index is 1110. The predicted octanol–water partition coefficient (Wildman–Crippen LogP) is 4.50. The molecule has 0 heterocycles. The Kier molecular flexibility index (Phi) is 5.46. The van der Waals surface area contributed by atoms with E-state index in [0.717, 1.165) is 11.1 Å². The topological polar surface area (TPSA) is 75.3 Å². The molecule has 2 N–H and O–H groups in total. The number of rotatable bonds is 5. The van der Waals surface area contributed by atoms with Crippen molar-refractivity contribution in [3.63, 3.8) is 0 Å². The molecule has 0 unspecified atom stereocenters. The molecular formula is C21H19FN2O3S. The molecule has 0 aliphatic rings. The van der Waals surface area contributed by atoms with E-state index in [4.69, 9.17) is 0 Å². The highest BCUT2D eigenvalue weighted by Crippen LogP contribution is 2.20. The molecule has 5 nitrogen and oxygen atoms in total. The minimum atomic E-state index is -3.79. The highest BCUT2D eigenvalue weighted by molar-refractivity contribution is 7.92. The second-order valence-corrected chi connectivity index (χ2v) is 8.15. The lowest BCUT2D eigenvalue weighted by atomic mass is 10.1. The largest absolute Gasteiger partial charge is 0.322 e. The highest BCUT2D eigenvalue weighted by atomic mass is 32.2. The maximum Gasteiger partial charge on any atom is 0.261 e. The number of hydrogen-bond acceptors (Lipinski definition) is 3. The maximum absolute atomic E-state index is 13.2. The molecule has 0 atom stereocenters. The average molecular weight is 398 g/mol. The van der Waals surface area contributed by atoms with E-state index in [1.165, 1.54) is 42.5 Å². The molecule has 0 spiro atoms. The molecule has 0 saturated carbocycles. The fourth-order valence-electron chi connectivity index (χ4n) is 2.80. The van der Waals surface area contributed by atoms with E-state index in [-0.39, 0.29) is 10.5 Å². The Morgan fingerprint density at radius 1 is 0.857 bits per heavy atom. The van der Waals surface area contributed by atoms with Gasteiger partial charge >= 0.3 is 0 Å². The molecule has 0 aromatic heterocycles. The van der Waals surface area contributed by atoms with Gasteiger partial charge in [-0.3, -0.25) is 9.52 Å². The van der Waals surface area contributed by atoms with Crippen LogP contribution in [0.5, 0.6) is 0 Å². The summed E-state index contributed by atoms with van der Waals surface area (Å²) in [5.41, 5.74) is 2.95. The fourth-order valence-corrected chi connectivity index (χ4v) is 3.84. The Balaban J connectivity index is 1.76. The van der Waals surface area contributed by atoms with Crippen LogP contribution in [-0.2, 0) is 10.0 Å². The molecule has 0 aliphatic carbocycles. The van der Waals surface area contributed by atoms with E-state index in [0.29, 0.717) is 11.4 Å². The van der Waals surface area contributed by atoms with Gasteiger partial charge in [-0.1, -0.05) is 12.1 Å². The van der Waals surface area contributed by atoms with Gasteiger partial charge in [0.2, 0.25) is 0 Å². The first kappa shape index (κ1) is 19.6. The monoisotopic (exact) mass is 398 g/mol. The Hall–Kier alpha value is -3.19. The van der Waals surface area contributed by atoms with Crippen LogP contribution < -0.4 is 10.0 Å². The van der Waals surface area contributed by atoms with Crippen LogP contribution in [0, 0.1) is 19.7 Å². The van der Waals surface area contributed by atoms with Gasteiger partial charge in [-0.2, -0.15) is 0 Å². The molecule has 1 amide bonds. The first-order valence-corrected chi connectivity index (χ1v) is 9.99. The number of hydrogen-bond donors (Lipinski definition) is 2. The van der Waals surface area contributed by atoms with Gasteiger partial charge in [-0.15, -0.1) is 0 Å². The smallest absolute Gasteiger partial charge is 0.261 e. The third kappa shape index (κ3) is 4.75. The van der Waals surface area contributed by atoms with Gasteiger partial charge in [0.15, 0.2) is 0 Å². The summed E-state index contributed by atoms with van der Waals surface area (Å²) in [6, 6.07) is 16.5. The van der Waals surface area contributed by atoms with Crippen LogP contribution in [0.25, 0.3) is 0 Å². The molecule has 28 heavy (non-hydrogen) atoms. The molecule has 144 valence electrons. The van der Waals surface area contributed by atoms with Gasteiger partial charge in [0, 0.05) is 16.9 Å². The molecule has 0 aliphatic heterocycles. The summed E-state index contributed by atoms with van der Waals surface area (Å²) in [5, 5.41) is 2.57. The van der Waals surface area contributed by atoms with Gasteiger partial charge in [-0.05, 0) is 79.6 Å². The Morgan fingerprint density at radius 2 is 1.50 bits per heavy atom. The maximum atomic E-state index is 13.2. The van der Waals surface area contributed by atoms with Crippen LogP contribution in [0.1, 0.15) is 21.5 Å². The summed E-state index contributed by atoms with van der Waals surface area (Å²) in [4.78, 5) is 12.3. The lowest BCUT2D eigenvalue weighted by Gasteiger charge is -2.11. The van der Waals surface area contributed by atoms with E-state index in [1.807, 2.05) is 19.9 Å². The van der Waals surface area contributed by atoms with E-state index < -0.39 is 21.7 Å². The molecule has 0 fully saturated rings. The summed E-state index contributed by atoms with van der Waals surface area (Å²) < 4.78 is 40.9. The number of carbonyl (C=O) groups is 1. The van der Waals surface area contributed by atoms with Gasteiger partial charge in [-0.25, -0.2) is 12.8 Å². The molecular weight excluding hydrogens is 379 g/mol. The fraction of sp³-hybridized carbons (Fsp3) is 0.0952. The van der Waals surface area contributed by atoms with Crippen LogP contribution in [-0.4, -0.2) is 14.3 Å². The van der Waals surface area contributed by atoms with Crippen LogP contribution in [0.3, 0.4) is 0 Å². The third-order valence-electron chi connectivity index (χ3n) is 3.98. The van der Waals surface area contributed by atoms with Crippen LogP contribution in [0.15, 0.2) is 71.6 Å². The third-order valence-corrected chi connectivity index (χ3v) is 5.38. The van der Waals surface area contributed by atoms with Crippen molar-refractivity contribution < 1.29 is 17.6 Å². The number of sulfonamides is 1. The minimum Gasteiger partial charge on any atom is -0.322 e. The number of anilines is 2. The highest BCUT2D eigenvalue weighted by Gasteiger charge is 2.16. The van der Waals surface area contributed by atoms with Crippen LogP contribution in [0.2, 0.25) is 0 Å². The van der Waals surface area contributed by atoms with Crippen molar-refractivity contribution in [2.75, 3.05) is 10.0 Å². The van der Waals surface area contributed by atoms with Crippen molar-refractivity contribution in [3.8, 4) is 0 Å². The van der Waals surface area contributed by atoms with Crippen molar-refractivity contribution >= 4 is 27.3 Å². The van der Waals surface area contributed by atoms with Crippen LogP contribution >= 0.6 is 0 Å². The summed E-state index contributed by atoms with van der Waals surface area (Å²) in [5.74, 6) is -0.923. The molecule has 0 radical (unpaired) electrons. The average Bonchev–Trinajstić information content (AvgIpc) is 2.60. The number of benzene rings is 3. The Labute approximate surface area is 163 Å². The first-order chi connectivity index (χ1) is 13.2. The number of aryl methyl sites for hydroxylation is 2. The summed E-state index contributed by atoms with van der Waals surface area (Å²) >= 11 is 0. The van der Waals surface area contributed by atoms with Gasteiger partial charge in [0.25, 0.3) is 15.9 Å². The lowest BCUT2D eigenvalue weighted by molar-refractivity contribution is 0.102. The zero-order valence-electron chi connectivity index (χ0n) is 15.4. The Morgan fingerprint density at radius 3 is 2.11 bits per heavy atom. The lowest BCUT2D eigenvalue weighted by Crippen LogP contribution is -2.15. The number of nitrogens with one attached hydrogen (secondary N) is 2. The first-order valence-electron chi connectivity index (χ1n) is 8.51. The van der Waals surface area contributed by atoms with E-state index >= 15 is 0 Å². The normalized spacial score (nSPS) is 11.1. The second kappa shape index (κ2) is 7.82. The van der Waals surface area contributed by atoms with Crippen molar-refractivity contribution in [2.24, 2.45) is 0 Å². The van der Waals surface area contributed by atoms with Crippen molar-refractivity contribution in [1.82, 2.24) is 0 Å². The molecule has 0 saturated heterocycles. The predicted molar refractivity (Wildman–Crippen MR) is 108 cm³/mol. The number of amides is 1. The molecule has 0 bridgehead atoms. The number of halogens is 1. The standard InChI is InChI=1S/C21H19FN2O3S/c1-14-10-15(2)12-19(11-14)24-28(26,27)20-8-6-16(7-9-20)21(25)23-18-5-3-4-17(22)13-18/h3-13,24H,1-2H3,(H,23,25). The zero-order chi connectivity index (χ0) is 20.3. The minimum absolute atomic E-state index is 0.0361.